The van der Waals surface area contributed by atoms with Gasteiger partial charge in [-0.3, -0.25) is 14.3 Å². The Bertz CT molecular complexity index is 524. The Morgan fingerprint density at radius 2 is 2.14 bits per heavy atom. The number of hydrogen-bond donors (Lipinski definition) is 2. The molecule has 0 spiro atoms. The van der Waals surface area contributed by atoms with Gasteiger partial charge in [0, 0.05) is 13.1 Å². The molecule has 2 N–H and O–H groups in total. The fraction of sp³-hybridized carbons (Fsp3) is 0.667. The Balaban J connectivity index is 1.98. The van der Waals surface area contributed by atoms with Gasteiger partial charge in [-0.1, -0.05) is 12.8 Å². The van der Waals surface area contributed by atoms with Gasteiger partial charge in [0.15, 0.2) is 0 Å². The van der Waals surface area contributed by atoms with Crippen LogP contribution in [-0.4, -0.2) is 33.3 Å². The molecular formula is C15H23N3O3. The number of carboxylic acid groups (broad SMARTS) is 1. The highest BCUT2D eigenvalue weighted by Gasteiger charge is 2.31. The topological polar surface area (TPSA) is 84.2 Å². The maximum atomic E-state index is 12.2. The summed E-state index contributed by atoms with van der Waals surface area (Å²) in [7, 11) is 0. The smallest absolute Gasteiger partial charge is 0.306 e. The van der Waals surface area contributed by atoms with Gasteiger partial charge in [0.1, 0.15) is 5.69 Å². The molecule has 0 aliphatic heterocycles. The number of aromatic nitrogens is 2. The summed E-state index contributed by atoms with van der Waals surface area (Å²) in [4.78, 5) is 23.5. The third-order valence-corrected chi connectivity index (χ3v) is 4.19. The predicted octanol–water partition coefficient (Wildman–Crippen LogP) is 1.83. The second-order valence-corrected chi connectivity index (χ2v) is 5.69. The molecule has 1 fully saturated rings. The summed E-state index contributed by atoms with van der Waals surface area (Å²) in [5.74, 6) is -1.23. The molecule has 2 atom stereocenters. The van der Waals surface area contributed by atoms with Crippen molar-refractivity contribution < 1.29 is 14.7 Å². The summed E-state index contributed by atoms with van der Waals surface area (Å²) in [5.41, 5.74) is 1.35. The van der Waals surface area contributed by atoms with E-state index in [4.69, 9.17) is 0 Å². The molecule has 1 saturated carbocycles. The van der Waals surface area contributed by atoms with E-state index in [2.05, 4.69) is 10.4 Å². The minimum atomic E-state index is -0.747. The number of aliphatic carboxylic acids is 1. The van der Waals surface area contributed by atoms with Crippen LogP contribution in [0.1, 0.15) is 48.8 Å². The van der Waals surface area contributed by atoms with E-state index < -0.39 is 5.97 Å². The number of aryl methyl sites for hydroxylation is 2. The first kappa shape index (κ1) is 15.5. The minimum Gasteiger partial charge on any atom is -0.481 e. The third kappa shape index (κ3) is 3.62. The summed E-state index contributed by atoms with van der Waals surface area (Å²) in [5, 5.41) is 16.4. The molecule has 21 heavy (non-hydrogen) atoms. The lowest BCUT2D eigenvalue weighted by molar-refractivity contribution is -0.144. The average Bonchev–Trinajstić information content (AvgIpc) is 2.86. The van der Waals surface area contributed by atoms with E-state index in [1.807, 2.05) is 13.8 Å². The summed E-state index contributed by atoms with van der Waals surface area (Å²) < 4.78 is 1.67. The van der Waals surface area contributed by atoms with E-state index in [-0.39, 0.29) is 17.7 Å². The molecule has 1 aliphatic rings. The van der Waals surface area contributed by atoms with Crippen molar-refractivity contribution in [3.05, 3.63) is 17.5 Å². The van der Waals surface area contributed by atoms with Gasteiger partial charge in [-0.25, -0.2) is 0 Å². The number of nitrogens with zero attached hydrogens (tertiary/aromatic N) is 2. The molecule has 1 amide bonds. The van der Waals surface area contributed by atoms with Crippen molar-refractivity contribution >= 4 is 11.9 Å². The van der Waals surface area contributed by atoms with Crippen LogP contribution in [0.2, 0.25) is 0 Å². The number of rotatable bonds is 5. The highest BCUT2D eigenvalue weighted by atomic mass is 16.4. The van der Waals surface area contributed by atoms with Crippen molar-refractivity contribution in [1.82, 2.24) is 15.1 Å². The van der Waals surface area contributed by atoms with Crippen molar-refractivity contribution in [3.63, 3.8) is 0 Å². The molecule has 1 aromatic heterocycles. The van der Waals surface area contributed by atoms with Gasteiger partial charge in [0.2, 0.25) is 0 Å². The Morgan fingerprint density at radius 3 is 2.81 bits per heavy atom. The van der Waals surface area contributed by atoms with Crippen LogP contribution in [0.25, 0.3) is 0 Å². The van der Waals surface area contributed by atoms with Crippen LogP contribution in [0.4, 0.5) is 0 Å². The predicted molar refractivity (Wildman–Crippen MR) is 78.1 cm³/mol. The van der Waals surface area contributed by atoms with Crippen LogP contribution < -0.4 is 5.32 Å². The van der Waals surface area contributed by atoms with Crippen molar-refractivity contribution in [1.29, 1.82) is 0 Å². The monoisotopic (exact) mass is 293 g/mol. The van der Waals surface area contributed by atoms with Crippen molar-refractivity contribution in [2.45, 2.75) is 46.1 Å². The number of hydrogen-bond acceptors (Lipinski definition) is 3. The SMILES string of the molecule is CCn1nc(C)cc1C(=O)NCC1CCCCC1C(=O)O. The summed E-state index contributed by atoms with van der Waals surface area (Å²) in [6.45, 7) is 4.84. The molecule has 6 heteroatoms. The fourth-order valence-electron chi connectivity index (χ4n) is 3.06. The second-order valence-electron chi connectivity index (χ2n) is 5.69. The summed E-state index contributed by atoms with van der Waals surface area (Å²) in [6.07, 6.45) is 3.57. The minimum absolute atomic E-state index is 0.0271. The normalized spacial score (nSPS) is 22.0. The molecule has 116 valence electrons. The van der Waals surface area contributed by atoms with Crippen LogP contribution in [0.5, 0.6) is 0 Å². The molecule has 1 heterocycles. The maximum Gasteiger partial charge on any atom is 0.306 e. The highest BCUT2D eigenvalue weighted by molar-refractivity contribution is 5.92. The van der Waals surface area contributed by atoms with E-state index in [0.717, 1.165) is 25.0 Å². The van der Waals surface area contributed by atoms with Gasteiger partial charge in [-0.2, -0.15) is 5.10 Å². The molecule has 0 saturated heterocycles. The van der Waals surface area contributed by atoms with Crippen LogP contribution in [-0.2, 0) is 11.3 Å². The van der Waals surface area contributed by atoms with Gasteiger partial charge >= 0.3 is 5.97 Å². The molecule has 0 bridgehead atoms. The number of carboxylic acids is 1. The fourth-order valence-corrected chi connectivity index (χ4v) is 3.06. The number of carbonyl (C=O) groups excluding carboxylic acids is 1. The largest absolute Gasteiger partial charge is 0.481 e. The Kier molecular flexibility index (Phi) is 4.98. The van der Waals surface area contributed by atoms with E-state index in [1.54, 1.807) is 10.7 Å². The molecule has 6 nitrogen and oxygen atoms in total. The lowest BCUT2D eigenvalue weighted by atomic mass is 9.79. The first-order chi connectivity index (χ1) is 10.0. The first-order valence-electron chi connectivity index (χ1n) is 7.58. The summed E-state index contributed by atoms with van der Waals surface area (Å²) >= 11 is 0. The highest BCUT2D eigenvalue weighted by Crippen LogP contribution is 2.29. The first-order valence-corrected chi connectivity index (χ1v) is 7.58. The number of carbonyl (C=O) groups is 2. The van der Waals surface area contributed by atoms with E-state index >= 15 is 0 Å². The number of amides is 1. The summed E-state index contributed by atoms with van der Waals surface area (Å²) in [6, 6.07) is 1.76. The zero-order valence-electron chi connectivity index (χ0n) is 12.6. The average molecular weight is 293 g/mol. The Labute approximate surface area is 124 Å². The van der Waals surface area contributed by atoms with Crippen LogP contribution in [0.3, 0.4) is 0 Å². The van der Waals surface area contributed by atoms with Gasteiger partial charge in [0.05, 0.1) is 11.6 Å². The van der Waals surface area contributed by atoms with E-state index in [1.165, 1.54) is 0 Å². The zero-order valence-corrected chi connectivity index (χ0v) is 12.6. The van der Waals surface area contributed by atoms with Gasteiger partial charge in [-0.15, -0.1) is 0 Å². The van der Waals surface area contributed by atoms with Gasteiger partial charge < -0.3 is 10.4 Å². The van der Waals surface area contributed by atoms with E-state index in [9.17, 15) is 14.7 Å². The van der Waals surface area contributed by atoms with Crippen molar-refractivity contribution in [2.75, 3.05) is 6.54 Å². The Hall–Kier alpha value is -1.85. The van der Waals surface area contributed by atoms with Crippen LogP contribution in [0, 0.1) is 18.8 Å². The van der Waals surface area contributed by atoms with Crippen molar-refractivity contribution in [2.24, 2.45) is 11.8 Å². The zero-order chi connectivity index (χ0) is 15.4. The molecule has 0 radical (unpaired) electrons. The molecule has 2 unspecified atom stereocenters. The van der Waals surface area contributed by atoms with Gasteiger partial charge in [-0.05, 0) is 38.7 Å². The lowest BCUT2D eigenvalue weighted by Crippen LogP contribution is -2.37. The Morgan fingerprint density at radius 1 is 1.43 bits per heavy atom. The molecule has 0 aromatic carbocycles. The molecular weight excluding hydrogens is 270 g/mol. The van der Waals surface area contributed by atoms with Crippen LogP contribution >= 0.6 is 0 Å². The lowest BCUT2D eigenvalue weighted by Gasteiger charge is -2.28. The second kappa shape index (κ2) is 6.74. The van der Waals surface area contributed by atoms with E-state index in [0.29, 0.717) is 25.2 Å². The van der Waals surface area contributed by atoms with Crippen LogP contribution in [0.15, 0.2) is 6.07 Å². The van der Waals surface area contributed by atoms with Crippen molar-refractivity contribution in [3.8, 4) is 0 Å². The molecule has 1 aromatic rings. The standard InChI is InChI=1S/C15H23N3O3/c1-3-18-13(8-10(2)17-18)14(19)16-9-11-6-4-5-7-12(11)15(20)21/h8,11-12H,3-7,9H2,1-2H3,(H,16,19)(H,20,21). The van der Waals surface area contributed by atoms with Gasteiger partial charge in [0.25, 0.3) is 5.91 Å². The third-order valence-electron chi connectivity index (χ3n) is 4.19. The molecule has 1 aliphatic carbocycles. The molecule has 2 rings (SSSR count). The quantitative estimate of drug-likeness (QED) is 0.867. The maximum absolute atomic E-state index is 12.2. The number of nitrogens with one attached hydrogen (secondary N) is 1.